The van der Waals surface area contributed by atoms with Crippen molar-refractivity contribution in [3.63, 3.8) is 0 Å². The molecule has 0 aromatic carbocycles. The molecule has 0 aromatic rings. The van der Waals surface area contributed by atoms with Crippen molar-refractivity contribution in [3.05, 3.63) is 0 Å². The van der Waals surface area contributed by atoms with Gasteiger partial charge in [-0.1, -0.05) is 6.92 Å². The molecule has 1 aliphatic heterocycles. The van der Waals surface area contributed by atoms with Crippen LogP contribution < -0.4 is 5.73 Å². The Hall–Kier alpha value is -1.14. The highest BCUT2D eigenvalue weighted by molar-refractivity contribution is 5.79. The highest BCUT2D eigenvalue weighted by Gasteiger charge is 2.26. The zero-order valence-electron chi connectivity index (χ0n) is 11.1. The number of rotatable bonds is 5. The zero-order valence-corrected chi connectivity index (χ0v) is 11.1. The monoisotopic (exact) mass is 257 g/mol. The van der Waals surface area contributed by atoms with E-state index in [1.165, 1.54) is 0 Å². The highest BCUT2D eigenvalue weighted by atomic mass is 16.4. The molecule has 6 nitrogen and oxygen atoms in total. The maximum Gasteiger partial charge on any atom is 0.304 e. The summed E-state index contributed by atoms with van der Waals surface area (Å²) in [7, 11) is 0. The minimum atomic E-state index is -0.779. The number of carboxylic acids is 1. The fraction of sp³-hybridized carbons (Fsp3) is 0.833. The van der Waals surface area contributed by atoms with Crippen molar-refractivity contribution >= 4 is 11.9 Å². The number of piperazine rings is 1. The number of carbonyl (C=O) groups is 2. The lowest BCUT2D eigenvalue weighted by Crippen LogP contribution is -2.52. The predicted octanol–water partition coefficient (Wildman–Crippen LogP) is -0.411. The molecule has 1 saturated heterocycles. The molecule has 1 fully saturated rings. The van der Waals surface area contributed by atoms with Gasteiger partial charge in [-0.15, -0.1) is 0 Å². The number of carboxylic acid groups (broad SMARTS) is 1. The van der Waals surface area contributed by atoms with Crippen molar-refractivity contribution < 1.29 is 14.7 Å². The van der Waals surface area contributed by atoms with E-state index in [1.54, 1.807) is 0 Å². The molecular weight excluding hydrogens is 234 g/mol. The SMILES string of the molecule is CC(N)C(C)C(=O)N1CCN(CCC(=O)O)CC1. The van der Waals surface area contributed by atoms with Crippen LogP contribution in [0, 0.1) is 5.92 Å². The standard InChI is InChI=1S/C12H23N3O3/c1-9(10(2)13)12(18)15-7-5-14(6-8-15)4-3-11(16)17/h9-10H,3-8,13H2,1-2H3,(H,16,17). The Morgan fingerprint density at radius 1 is 1.22 bits per heavy atom. The molecular formula is C12H23N3O3. The normalized spacial score (nSPS) is 20.5. The third-order valence-electron chi connectivity index (χ3n) is 3.50. The van der Waals surface area contributed by atoms with Gasteiger partial charge in [0.05, 0.1) is 12.3 Å². The van der Waals surface area contributed by atoms with Crippen LogP contribution in [0.15, 0.2) is 0 Å². The lowest BCUT2D eigenvalue weighted by atomic mass is 10.0. The lowest BCUT2D eigenvalue weighted by molar-refractivity contribution is -0.139. The first kappa shape index (κ1) is 14.9. The molecule has 0 bridgehead atoms. The fourth-order valence-corrected chi connectivity index (χ4v) is 1.96. The smallest absolute Gasteiger partial charge is 0.304 e. The van der Waals surface area contributed by atoms with E-state index in [0.717, 1.165) is 13.1 Å². The molecule has 2 unspecified atom stereocenters. The molecule has 1 aliphatic rings. The molecule has 0 spiro atoms. The quantitative estimate of drug-likeness (QED) is 0.699. The summed E-state index contributed by atoms with van der Waals surface area (Å²) in [5.74, 6) is -0.836. The topological polar surface area (TPSA) is 86.9 Å². The van der Waals surface area contributed by atoms with Crippen molar-refractivity contribution in [1.29, 1.82) is 0 Å². The third kappa shape index (κ3) is 4.27. The van der Waals surface area contributed by atoms with Crippen LogP contribution >= 0.6 is 0 Å². The highest BCUT2D eigenvalue weighted by Crippen LogP contribution is 2.10. The molecule has 104 valence electrons. The van der Waals surface area contributed by atoms with E-state index < -0.39 is 5.97 Å². The molecule has 0 aliphatic carbocycles. The second-order valence-corrected chi connectivity index (χ2v) is 4.96. The van der Waals surface area contributed by atoms with Crippen molar-refractivity contribution in [2.75, 3.05) is 32.7 Å². The summed E-state index contributed by atoms with van der Waals surface area (Å²) >= 11 is 0. The summed E-state index contributed by atoms with van der Waals surface area (Å²) in [5.41, 5.74) is 5.73. The Labute approximate surface area is 108 Å². The minimum absolute atomic E-state index is 0.0999. The maximum absolute atomic E-state index is 12.0. The van der Waals surface area contributed by atoms with Gasteiger partial charge in [0.1, 0.15) is 0 Å². The third-order valence-corrected chi connectivity index (χ3v) is 3.50. The van der Waals surface area contributed by atoms with E-state index in [-0.39, 0.29) is 24.3 Å². The van der Waals surface area contributed by atoms with Crippen LogP contribution in [0.4, 0.5) is 0 Å². The first-order valence-corrected chi connectivity index (χ1v) is 6.40. The van der Waals surface area contributed by atoms with Gasteiger partial charge in [0.2, 0.25) is 5.91 Å². The van der Waals surface area contributed by atoms with Gasteiger partial charge in [-0.25, -0.2) is 0 Å². The molecule has 2 atom stereocenters. The van der Waals surface area contributed by atoms with Crippen molar-refractivity contribution in [2.45, 2.75) is 26.3 Å². The summed E-state index contributed by atoms with van der Waals surface area (Å²) in [6, 6.07) is -0.137. The van der Waals surface area contributed by atoms with Crippen LogP contribution in [0.2, 0.25) is 0 Å². The molecule has 1 heterocycles. The largest absolute Gasteiger partial charge is 0.481 e. The molecule has 1 amide bonds. The molecule has 18 heavy (non-hydrogen) atoms. The molecule has 0 saturated carbocycles. The molecule has 3 N–H and O–H groups in total. The average Bonchev–Trinajstić information content (AvgIpc) is 2.35. The van der Waals surface area contributed by atoms with Gasteiger partial charge in [-0.05, 0) is 6.92 Å². The van der Waals surface area contributed by atoms with Crippen LogP contribution in [0.1, 0.15) is 20.3 Å². The lowest BCUT2D eigenvalue weighted by Gasteiger charge is -2.36. The van der Waals surface area contributed by atoms with Crippen molar-refractivity contribution in [2.24, 2.45) is 11.7 Å². The predicted molar refractivity (Wildman–Crippen MR) is 68.1 cm³/mol. The maximum atomic E-state index is 12.0. The van der Waals surface area contributed by atoms with Gasteiger partial charge in [0, 0.05) is 38.8 Å². The van der Waals surface area contributed by atoms with Crippen LogP contribution in [0.25, 0.3) is 0 Å². The van der Waals surface area contributed by atoms with E-state index in [4.69, 9.17) is 10.8 Å². The second-order valence-electron chi connectivity index (χ2n) is 4.96. The van der Waals surface area contributed by atoms with Crippen LogP contribution in [0.5, 0.6) is 0 Å². The number of aliphatic carboxylic acids is 1. The van der Waals surface area contributed by atoms with Crippen LogP contribution in [-0.4, -0.2) is 65.5 Å². The summed E-state index contributed by atoms with van der Waals surface area (Å²) in [6.07, 6.45) is 0.157. The van der Waals surface area contributed by atoms with E-state index in [9.17, 15) is 9.59 Å². The molecule has 6 heteroatoms. The average molecular weight is 257 g/mol. The Balaban J connectivity index is 2.35. The number of hydrogen-bond donors (Lipinski definition) is 2. The summed E-state index contributed by atoms with van der Waals surface area (Å²) in [5, 5.41) is 8.61. The fourth-order valence-electron chi connectivity index (χ4n) is 1.96. The van der Waals surface area contributed by atoms with Crippen LogP contribution in [-0.2, 0) is 9.59 Å². The molecule has 0 radical (unpaired) electrons. The summed E-state index contributed by atoms with van der Waals surface area (Å²) in [4.78, 5) is 26.4. The Bertz CT molecular complexity index is 299. The number of amides is 1. The van der Waals surface area contributed by atoms with Gasteiger partial charge in [0.15, 0.2) is 0 Å². The van der Waals surface area contributed by atoms with Crippen molar-refractivity contribution in [3.8, 4) is 0 Å². The Morgan fingerprint density at radius 2 is 1.78 bits per heavy atom. The van der Waals surface area contributed by atoms with Gasteiger partial charge in [-0.2, -0.15) is 0 Å². The number of nitrogens with two attached hydrogens (primary N) is 1. The Kier molecular flexibility index (Phi) is 5.55. The van der Waals surface area contributed by atoms with E-state index in [0.29, 0.717) is 19.6 Å². The first-order valence-electron chi connectivity index (χ1n) is 6.40. The first-order chi connectivity index (χ1) is 8.41. The van der Waals surface area contributed by atoms with E-state index in [2.05, 4.69) is 4.90 Å². The number of nitrogens with zero attached hydrogens (tertiary/aromatic N) is 2. The molecule has 0 aromatic heterocycles. The molecule has 1 rings (SSSR count). The van der Waals surface area contributed by atoms with Crippen LogP contribution in [0.3, 0.4) is 0 Å². The summed E-state index contributed by atoms with van der Waals surface area (Å²) in [6.45, 7) is 7.05. The summed E-state index contributed by atoms with van der Waals surface area (Å²) < 4.78 is 0. The van der Waals surface area contributed by atoms with E-state index in [1.807, 2.05) is 18.7 Å². The number of carbonyl (C=O) groups excluding carboxylic acids is 1. The second kappa shape index (κ2) is 6.70. The number of hydrogen-bond acceptors (Lipinski definition) is 4. The van der Waals surface area contributed by atoms with Crippen molar-refractivity contribution in [1.82, 2.24) is 9.80 Å². The Morgan fingerprint density at radius 3 is 2.22 bits per heavy atom. The zero-order chi connectivity index (χ0) is 13.7. The van der Waals surface area contributed by atoms with E-state index >= 15 is 0 Å². The van der Waals surface area contributed by atoms with Gasteiger partial charge < -0.3 is 15.7 Å². The van der Waals surface area contributed by atoms with Gasteiger partial charge in [-0.3, -0.25) is 14.5 Å². The van der Waals surface area contributed by atoms with Gasteiger partial charge >= 0.3 is 5.97 Å². The minimum Gasteiger partial charge on any atom is -0.481 e. The van der Waals surface area contributed by atoms with Gasteiger partial charge in [0.25, 0.3) is 0 Å².